The normalized spacial score (nSPS) is 11.8. The molecule has 0 bridgehead atoms. The van der Waals surface area contributed by atoms with Gasteiger partial charge in [0.15, 0.2) is 0 Å². The van der Waals surface area contributed by atoms with E-state index in [0.29, 0.717) is 6.42 Å². The quantitative estimate of drug-likeness (QED) is 0.767. The Morgan fingerprint density at radius 1 is 1.13 bits per heavy atom. The van der Waals surface area contributed by atoms with Gasteiger partial charge >= 0.3 is 0 Å². The van der Waals surface area contributed by atoms with Gasteiger partial charge in [0.1, 0.15) is 5.75 Å². The predicted molar refractivity (Wildman–Crippen MR) is 96.1 cm³/mol. The van der Waals surface area contributed by atoms with Gasteiger partial charge in [-0.05, 0) is 43.7 Å². The van der Waals surface area contributed by atoms with Crippen LogP contribution in [0.1, 0.15) is 30.5 Å². The van der Waals surface area contributed by atoms with E-state index in [4.69, 9.17) is 4.74 Å². The number of hydrogen-bond acceptors (Lipinski definition) is 3. The fourth-order valence-electron chi connectivity index (χ4n) is 2.19. The molecule has 2 aromatic carbocycles. The van der Waals surface area contributed by atoms with Gasteiger partial charge in [-0.3, -0.25) is 4.79 Å². The summed E-state index contributed by atoms with van der Waals surface area (Å²) in [4.78, 5) is 13.2. The summed E-state index contributed by atoms with van der Waals surface area (Å²) in [6, 6.07) is 16.1. The second kappa shape index (κ2) is 8.63. The van der Waals surface area contributed by atoms with E-state index < -0.39 is 0 Å². The first-order valence-electron chi connectivity index (χ1n) is 7.71. The van der Waals surface area contributed by atoms with Crippen LogP contribution < -0.4 is 10.1 Å². The average Bonchev–Trinajstić information content (AvgIpc) is 2.56. The summed E-state index contributed by atoms with van der Waals surface area (Å²) in [5, 5.41) is 3.04. The number of rotatable bonds is 7. The summed E-state index contributed by atoms with van der Waals surface area (Å²) in [5.74, 6) is 1.68. The van der Waals surface area contributed by atoms with Crippen molar-refractivity contribution in [2.24, 2.45) is 0 Å². The Bertz CT molecular complexity index is 623. The smallest absolute Gasteiger partial charge is 0.221 e. The highest BCUT2D eigenvalue weighted by atomic mass is 32.2. The van der Waals surface area contributed by atoms with E-state index >= 15 is 0 Å². The highest BCUT2D eigenvalue weighted by molar-refractivity contribution is 7.99. The van der Waals surface area contributed by atoms with E-state index in [0.717, 1.165) is 17.1 Å². The number of carbonyl (C=O) groups is 1. The van der Waals surface area contributed by atoms with E-state index in [2.05, 4.69) is 36.5 Å². The van der Waals surface area contributed by atoms with Crippen molar-refractivity contribution in [3.8, 4) is 5.75 Å². The lowest BCUT2D eigenvalue weighted by Gasteiger charge is -2.14. The van der Waals surface area contributed by atoms with Crippen LogP contribution in [-0.4, -0.2) is 18.8 Å². The second-order valence-corrected chi connectivity index (χ2v) is 6.64. The van der Waals surface area contributed by atoms with Crippen molar-refractivity contribution in [1.82, 2.24) is 5.32 Å². The Hall–Kier alpha value is -1.94. The molecular formula is C19H23NO2S. The number of benzene rings is 2. The molecule has 0 aliphatic heterocycles. The van der Waals surface area contributed by atoms with Gasteiger partial charge in [0.25, 0.3) is 0 Å². The number of carbonyl (C=O) groups excluding carboxylic acids is 1. The maximum Gasteiger partial charge on any atom is 0.221 e. The zero-order valence-electron chi connectivity index (χ0n) is 13.8. The standard InChI is InChI=1S/C19H23NO2S/c1-14-4-10-18(11-5-14)23-13-12-19(21)20-15(2)16-6-8-17(22-3)9-7-16/h4-11,15H,12-13H2,1-3H3,(H,20,21). The molecule has 0 fully saturated rings. The lowest BCUT2D eigenvalue weighted by atomic mass is 10.1. The predicted octanol–water partition coefficient (Wildman–Crippen LogP) is 4.36. The van der Waals surface area contributed by atoms with E-state index in [1.165, 1.54) is 10.5 Å². The second-order valence-electron chi connectivity index (χ2n) is 5.47. The van der Waals surface area contributed by atoms with Crippen LogP contribution in [0.4, 0.5) is 0 Å². The Balaban J connectivity index is 1.76. The van der Waals surface area contributed by atoms with Gasteiger partial charge in [0, 0.05) is 17.1 Å². The number of aryl methyl sites for hydroxylation is 1. The summed E-state index contributed by atoms with van der Waals surface area (Å²) in [7, 11) is 1.64. The Morgan fingerprint density at radius 2 is 1.78 bits per heavy atom. The summed E-state index contributed by atoms with van der Waals surface area (Å²) < 4.78 is 5.14. The molecule has 122 valence electrons. The largest absolute Gasteiger partial charge is 0.497 e. The van der Waals surface area contributed by atoms with Gasteiger partial charge in [-0.15, -0.1) is 11.8 Å². The number of ether oxygens (including phenoxy) is 1. The van der Waals surface area contributed by atoms with Crippen molar-refractivity contribution in [1.29, 1.82) is 0 Å². The van der Waals surface area contributed by atoms with Crippen molar-refractivity contribution < 1.29 is 9.53 Å². The Labute approximate surface area is 142 Å². The average molecular weight is 329 g/mol. The molecule has 23 heavy (non-hydrogen) atoms. The van der Waals surface area contributed by atoms with Crippen LogP contribution in [-0.2, 0) is 4.79 Å². The molecule has 0 radical (unpaired) electrons. The zero-order chi connectivity index (χ0) is 16.7. The van der Waals surface area contributed by atoms with E-state index in [1.807, 2.05) is 31.2 Å². The first-order valence-corrected chi connectivity index (χ1v) is 8.70. The molecule has 0 saturated heterocycles. The zero-order valence-corrected chi connectivity index (χ0v) is 14.7. The third-order valence-electron chi connectivity index (χ3n) is 3.61. The van der Waals surface area contributed by atoms with E-state index in [-0.39, 0.29) is 11.9 Å². The lowest BCUT2D eigenvalue weighted by molar-refractivity contribution is -0.121. The number of nitrogens with one attached hydrogen (secondary N) is 1. The molecule has 1 amide bonds. The van der Waals surface area contributed by atoms with Gasteiger partial charge in [-0.25, -0.2) is 0 Å². The molecule has 2 aromatic rings. The molecular weight excluding hydrogens is 306 g/mol. The minimum atomic E-state index is -0.00205. The molecule has 0 heterocycles. The van der Waals surface area contributed by atoms with E-state index in [9.17, 15) is 4.79 Å². The minimum absolute atomic E-state index is 0.00205. The topological polar surface area (TPSA) is 38.3 Å². The minimum Gasteiger partial charge on any atom is -0.497 e. The molecule has 1 N–H and O–H groups in total. The number of amides is 1. The monoisotopic (exact) mass is 329 g/mol. The number of hydrogen-bond donors (Lipinski definition) is 1. The summed E-state index contributed by atoms with van der Waals surface area (Å²) in [6.45, 7) is 4.06. The van der Waals surface area contributed by atoms with Crippen molar-refractivity contribution in [2.75, 3.05) is 12.9 Å². The lowest BCUT2D eigenvalue weighted by Crippen LogP contribution is -2.26. The molecule has 4 heteroatoms. The third-order valence-corrected chi connectivity index (χ3v) is 4.63. The van der Waals surface area contributed by atoms with Gasteiger partial charge in [0.05, 0.1) is 13.2 Å². The van der Waals surface area contributed by atoms with Gasteiger partial charge in [-0.1, -0.05) is 29.8 Å². The summed E-state index contributed by atoms with van der Waals surface area (Å²) in [5.41, 5.74) is 2.32. The Morgan fingerprint density at radius 3 is 2.39 bits per heavy atom. The summed E-state index contributed by atoms with van der Waals surface area (Å²) in [6.07, 6.45) is 0.513. The van der Waals surface area contributed by atoms with Crippen LogP contribution >= 0.6 is 11.8 Å². The molecule has 0 aliphatic carbocycles. The van der Waals surface area contributed by atoms with Crippen LogP contribution in [0.3, 0.4) is 0 Å². The van der Waals surface area contributed by atoms with Crippen molar-refractivity contribution >= 4 is 17.7 Å². The third kappa shape index (κ3) is 5.64. The van der Waals surface area contributed by atoms with Crippen molar-refractivity contribution in [3.05, 3.63) is 59.7 Å². The maximum absolute atomic E-state index is 12.0. The Kier molecular flexibility index (Phi) is 6.53. The fraction of sp³-hybridized carbons (Fsp3) is 0.316. The SMILES string of the molecule is COc1ccc(C(C)NC(=O)CCSc2ccc(C)cc2)cc1. The molecule has 1 atom stereocenters. The van der Waals surface area contributed by atoms with Crippen molar-refractivity contribution in [2.45, 2.75) is 31.2 Å². The highest BCUT2D eigenvalue weighted by Gasteiger charge is 2.09. The maximum atomic E-state index is 12.0. The molecule has 0 saturated carbocycles. The fourth-order valence-corrected chi connectivity index (χ4v) is 3.04. The van der Waals surface area contributed by atoms with Gasteiger partial charge in [-0.2, -0.15) is 0 Å². The summed E-state index contributed by atoms with van der Waals surface area (Å²) >= 11 is 1.71. The first-order chi connectivity index (χ1) is 11.1. The highest BCUT2D eigenvalue weighted by Crippen LogP contribution is 2.20. The number of thioether (sulfide) groups is 1. The van der Waals surface area contributed by atoms with Gasteiger partial charge in [0.2, 0.25) is 5.91 Å². The van der Waals surface area contributed by atoms with Crippen LogP contribution in [0.2, 0.25) is 0 Å². The van der Waals surface area contributed by atoms with E-state index in [1.54, 1.807) is 18.9 Å². The van der Waals surface area contributed by atoms with Crippen LogP contribution in [0, 0.1) is 6.92 Å². The van der Waals surface area contributed by atoms with Gasteiger partial charge < -0.3 is 10.1 Å². The van der Waals surface area contributed by atoms with Crippen LogP contribution in [0.15, 0.2) is 53.4 Å². The molecule has 0 aromatic heterocycles. The van der Waals surface area contributed by atoms with Crippen molar-refractivity contribution in [3.63, 3.8) is 0 Å². The molecule has 1 unspecified atom stereocenters. The molecule has 3 nitrogen and oxygen atoms in total. The van der Waals surface area contributed by atoms with Crippen LogP contribution in [0.5, 0.6) is 5.75 Å². The first kappa shape index (κ1) is 17.4. The molecule has 2 rings (SSSR count). The molecule has 0 spiro atoms. The molecule has 0 aliphatic rings. The number of methoxy groups -OCH3 is 1. The van der Waals surface area contributed by atoms with Crippen LogP contribution in [0.25, 0.3) is 0 Å².